The van der Waals surface area contributed by atoms with Gasteiger partial charge in [0.05, 0.1) is 13.2 Å². The lowest BCUT2D eigenvalue weighted by atomic mass is 9.85. The Morgan fingerprint density at radius 2 is 1.82 bits per heavy atom. The first-order valence-corrected chi connectivity index (χ1v) is 11.3. The minimum Gasteiger partial charge on any atom is -0.378 e. The van der Waals surface area contributed by atoms with Crippen molar-refractivity contribution < 1.29 is 18.7 Å². The number of halogens is 2. The quantitative estimate of drug-likeness (QED) is 0.497. The second-order valence-electron chi connectivity index (χ2n) is 8.24. The predicted octanol–water partition coefficient (Wildman–Crippen LogP) is 4.06. The van der Waals surface area contributed by atoms with Crippen LogP contribution in [0.25, 0.3) is 0 Å². The van der Waals surface area contributed by atoms with Gasteiger partial charge >= 0.3 is 0 Å². The molecule has 8 heteroatoms. The highest BCUT2D eigenvalue weighted by Gasteiger charge is 2.25. The van der Waals surface area contributed by atoms with Crippen LogP contribution in [0.15, 0.2) is 65.6 Å². The average molecular weight is 483 g/mol. The molecule has 1 unspecified atom stereocenters. The zero-order valence-electron chi connectivity index (χ0n) is 18.7. The Kier molecular flexibility index (Phi) is 7.24. The van der Waals surface area contributed by atoms with Gasteiger partial charge in [-0.3, -0.25) is 14.4 Å². The van der Waals surface area contributed by atoms with Gasteiger partial charge in [0.25, 0.3) is 5.91 Å². The lowest BCUT2D eigenvalue weighted by Gasteiger charge is -2.27. The molecule has 2 heterocycles. The van der Waals surface area contributed by atoms with Crippen molar-refractivity contribution in [1.29, 1.82) is 0 Å². The Labute approximate surface area is 201 Å². The van der Waals surface area contributed by atoms with Gasteiger partial charge in [0.15, 0.2) is 5.78 Å². The maximum Gasteiger partial charge on any atom is 0.254 e. The van der Waals surface area contributed by atoms with E-state index in [9.17, 15) is 18.8 Å². The van der Waals surface area contributed by atoms with Crippen molar-refractivity contribution in [2.24, 2.45) is 7.05 Å². The van der Waals surface area contributed by atoms with E-state index in [1.54, 1.807) is 48.3 Å². The summed E-state index contributed by atoms with van der Waals surface area (Å²) in [6, 6.07) is 14.1. The number of amides is 1. The Morgan fingerprint density at radius 3 is 2.53 bits per heavy atom. The molecule has 0 radical (unpaired) electrons. The number of aromatic nitrogens is 1. The minimum absolute atomic E-state index is 0.0496. The van der Waals surface area contributed by atoms with Crippen molar-refractivity contribution in [2.75, 3.05) is 26.3 Å². The molecule has 1 aliphatic heterocycles. The third kappa shape index (κ3) is 5.26. The van der Waals surface area contributed by atoms with Gasteiger partial charge in [-0.05, 0) is 41.5 Å². The molecular formula is C26H24ClFN2O4. The van der Waals surface area contributed by atoms with Crippen LogP contribution in [0.3, 0.4) is 0 Å². The molecule has 1 aliphatic rings. The molecule has 2 aromatic carbocycles. The maximum absolute atomic E-state index is 15.0. The molecule has 1 atom stereocenters. The average Bonchev–Trinajstić information content (AvgIpc) is 2.84. The van der Waals surface area contributed by atoms with Crippen LogP contribution in [0.5, 0.6) is 0 Å². The van der Waals surface area contributed by atoms with Gasteiger partial charge in [-0.1, -0.05) is 29.8 Å². The third-order valence-corrected chi connectivity index (χ3v) is 6.20. The number of hydrogen-bond donors (Lipinski definition) is 0. The Morgan fingerprint density at radius 1 is 1.06 bits per heavy atom. The summed E-state index contributed by atoms with van der Waals surface area (Å²) in [5.41, 5.74) is 1.53. The summed E-state index contributed by atoms with van der Waals surface area (Å²) in [5.74, 6) is -1.57. The molecule has 4 rings (SSSR count). The number of ketones is 1. The van der Waals surface area contributed by atoms with E-state index in [1.165, 1.54) is 29.0 Å². The van der Waals surface area contributed by atoms with Crippen molar-refractivity contribution in [3.63, 3.8) is 0 Å². The van der Waals surface area contributed by atoms with Crippen LogP contribution in [0.1, 0.15) is 44.2 Å². The van der Waals surface area contributed by atoms with E-state index in [-0.39, 0.29) is 28.7 Å². The van der Waals surface area contributed by atoms with Crippen LogP contribution >= 0.6 is 11.6 Å². The number of rotatable bonds is 6. The number of carbonyl (C=O) groups excluding carboxylic acids is 2. The second-order valence-corrected chi connectivity index (χ2v) is 8.68. The van der Waals surface area contributed by atoms with Crippen LogP contribution in [0.4, 0.5) is 4.39 Å². The van der Waals surface area contributed by atoms with Crippen molar-refractivity contribution in [1.82, 2.24) is 9.47 Å². The fourth-order valence-corrected chi connectivity index (χ4v) is 4.25. The van der Waals surface area contributed by atoms with Gasteiger partial charge in [-0.2, -0.15) is 0 Å². The number of aryl methyl sites for hydroxylation is 1. The topological polar surface area (TPSA) is 68.6 Å². The van der Waals surface area contributed by atoms with Crippen LogP contribution in [0.2, 0.25) is 5.02 Å². The second kappa shape index (κ2) is 10.3. The van der Waals surface area contributed by atoms with E-state index < -0.39 is 11.7 Å². The Hall–Kier alpha value is -3.29. The molecule has 0 bridgehead atoms. The standard InChI is InChI=1S/C26H24ClFN2O4/c1-29-16-19(5-8-25(29)32)24(31)15-22(21-7-6-20(27)14-23(21)28)17-3-2-4-18(13-17)26(33)30-9-11-34-12-10-30/h2-8,13-14,16,22H,9-12,15H2,1H3. The molecule has 1 amide bonds. The molecule has 0 N–H and O–H groups in total. The summed E-state index contributed by atoms with van der Waals surface area (Å²) < 4.78 is 21.6. The first-order valence-electron chi connectivity index (χ1n) is 11.0. The smallest absolute Gasteiger partial charge is 0.254 e. The molecule has 3 aromatic rings. The number of carbonyl (C=O) groups is 2. The Bertz CT molecular complexity index is 1280. The fourth-order valence-electron chi connectivity index (χ4n) is 4.09. The monoisotopic (exact) mass is 482 g/mol. The van der Waals surface area contributed by atoms with Gasteiger partial charge in [0.2, 0.25) is 5.56 Å². The van der Waals surface area contributed by atoms with Gasteiger partial charge in [0, 0.05) is 60.9 Å². The predicted molar refractivity (Wildman–Crippen MR) is 127 cm³/mol. The molecule has 0 saturated carbocycles. The number of hydrogen-bond acceptors (Lipinski definition) is 4. The highest BCUT2D eigenvalue weighted by atomic mass is 35.5. The van der Waals surface area contributed by atoms with E-state index in [1.807, 2.05) is 0 Å². The summed E-state index contributed by atoms with van der Waals surface area (Å²) in [4.78, 5) is 39.6. The molecule has 1 saturated heterocycles. The van der Waals surface area contributed by atoms with Gasteiger partial charge < -0.3 is 14.2 Å². The lowest BCUT2D eigenvalue weighted by molar-refractivity contribution is 0.0303. The van der Waals surface area contributed by atoms with Crippen LogP contribution in [-0.4, -0.2) is 47.5 Å². The number of benzene rings is 2. The summed E-state index contributed by atoms with van der Waals surface area (Å²) in [5, 5.41) is 0.251. The number of Topliss-reactive ketones (excluding diaryl/α,β-unsaturated/α-hetero) is 1. The van der Waals surface area contributed by atoms with Crippen LogP contribution in [0, 0.1) is 5.82 Å². The SMILES string of the molecule is Cn1cc(C(=O)CC(c2cccc(C(=O)N3CCOCC3)c2)c2ccc(Cl)cc2F)ccc1=O. The summed E-state index contributed by atoms with van der Waals surface area (Å²) >= 11 is 5.95. The lowest BCUT2D eigenvalue weighted by Crippen LogP contribution is -2.40. The van der Waals surface area contributed by atoms with Gasteiger partial charge in [-0.15, -0.1) is 0 Å². The zero-order valence-corrected chi connectivity index (χ0v) is 19.4. The largest absolute Gasteiger partial charge is 0.378 e. The van der Waals surface area contributed by atoms with E-state index in [0.29, 0.717) is 48.6 Å². The highest BCUT2D eigenvalue weighted by Crippen LogP contribution is 2.33. The van der Waals surface area contributed by atoms with Crippen molar-refractivity contribution in [3.05, 3.63) is 104 Å². The molecule has 6 nitrogen and oxygen atoms in total. The van der Waals surface area contributed by atoms with Crippen molar-refractivity contribution in [2.45, 2.75) is 12.3 Å². The highest BCUT2D eigenvalue weighted by molar-refractivity contribution is 6.30. The van der Waals surface area contributed by atoms with Crippen LogP contribution in [-0.2, 0) is 11.8 Å². The number of pyridine rings is 1. The first kappa shape index (κ1) is 23.9. The normalized spacial score (nSPS) is 14.6. The first-order chi connectivity index (χ1) is 16.3. The maximum atomic E-state index is 15.0. The summed E-state index contributed by atoms with van der Waals surface area (Å²) in [6.07, 6.45) is 1.42. The van der Waals surface area contributed by atoms with E-state index in [4.69, 9.17) is 16.3 Å². The third-order valence-electron chi connectivity index (χ3n) is 5.97. The van der Waals surface area contributed by atoms with E-state index >= 15 is 0 Å². The number of ether oxygens (including phenoxy) is 1. The number of morpholine rings is 1. The van der Waals surface area contributed by atoms with E-state index in [0.717, 1.165) is 0 Å². The van der Waals surface area contributed by atoms with Gasteiger partial charge in [-0.25, -0.2) is 4.39 Å². The summed E-state index contributed by atoms with van der Waals surface area (Å²) in [6.45, 7) is 1.98. The fraction of sp³-hybridized carbons (Fsp3) is 0.269. The Balaban J connectivity index is 1.71. The van der Waals surface area contributed by atoms with Crippen molar-refractivity contribution in [3.8, 4) is 0 Å². The van der Waals surface area contributed by atoms with Gasteiger partial charge in [0.1, 0.15) is 5.82 Å². The van der Waals surface area contributed by atoms with E-state index in [2.05, 4.69) is 0 Å². The molecular weight excluding hydrogens is 459 g/mol. The molecule has 0 spiro atoms. The molecule has 1 fully saturated rings. The van der Waals surface area contributed by atoms with Crippen molar-refractivity contribution >= 4 is 23.3 Å². The molecule has 176 valence electrons. The number of nitrogens with zero attached hydrogens (tertiary/aromatic N) is 2. The molecule has 34 heavy (non-hydrogen) atoms. The zero-order chi connectivity index (χ0) is 24.2. The summed E-state index contributed by atoms with van der Waals surface area (Å²) in [7, 11) is 1.57. The van der Waals surface area contributed by atoms with Crippen LogP contribution < -0.4 is 5.56 Å². The molecule has 0 aliphatic carbocycles. The minimum atomic E-state index is -0.653. The molecule has 1 aromatic heterocycles.